The minimum Gasteiger partial charge on any atom is -0.457 e. The smallest absolute Gasteiger partial charge is 0.382 e. The fourth-order valence-corrected chi connectivity index (χ4v) is 3.49. The van der Waals surface area contributed by atoms with E-state index in [9.17, 15) is 8.42 Å². The summed E-state index contributed by atoms with van der Waals surface area (Å²) in [6.07, 6.45) is 0. The van der Waals surface area contributed by atoms with Gasteiger partial charge in [0.15, 0.2) is 5.75 Å². The van der Waals surface area contributed by atoms with Crippen LogP contribution >= 0.6 is 0 Å². The third kappa shape index (κ3) is 3.35. The van der Waals surface area contributed by atoms with E-state index in [2.05, 4.69) is 4.72 Å². The molecule has 25 heavy (non-hydrogen) atoms. The highest BCUT2D eigenvalue weighted by molar-refractivity contribution is 7.85. The maximum atomic E-state index is 11.7. The number of fused-ring (bicyclic) bond motifs is 1. The lowest BCUT2D eigenvalue weighted by Crippen LogP contribution is -2.32. The summed E-state index contributed by atoms with van der Waals surface area (Å²) in [5.74, 6) is 1.83. The molecule has 4 rings (SSSR count). The first-order chi connectivity index (χ1) is 12.1. The van der Waals surface area contributed by atoms with Gasteiger partial charge in [-0.15, -0.1) is 0 Å². The van der Waals surface area contributed by atoms with E-state index in [0.717, 1.165) is 22.4 Å². The number of rotatable bonds is 3. The van der Waals surface area contributed by atoms with Crippen molar-refractivity contribution in [2.45, 2.75) is 6.54 Å². The molecule has 0 atom stereocenters. The molecule has 0 aliphatic carbocycles. The molecule has 1 N–H and O–H groups in total. The molecule has 1 heterocycles. The summed E-state index contributed by atoms with van der Waals surface area (Å²) in [4.78, 5) is 0. The maximum absolute atomic E-state index is 11.7. The molecular formula is C19H15NO4S. The quantitative estimate of drug-likeness (QED) is 0.776. The molecule has 0 radical (unpaired) electrons. The van der Waals surface area contributed by atoms with Crippen LogP contribution in [0, 0.1) is 0 Å². The van der Waals surface area contributed by atoms with Gasteiger partial charge in [-0.2, -0.15) is 13.1 Å². The Morgan fingerprint density at radius 3 is 2.32 bits per heavy atom. The van der Waals surface area contributed by atoms with Crippen LogP contribution < -0.4 is 13.6 Å². The molecule has 0 saturated heterocycles. The largest absolute Gasteiger partial charge is 0.457 e. The zero-order valence-electron chi connectivity index (χ0n) is 13.2. The van der Waals surface area contributed by atoms with Gasteiger partial charge in [0.2, 0.25) is 0 Å². The van der Waals surface area contributed by atoms with Crippen molar-refractivity contribution < 1.29 is 17.3 Å². The van der Waals surface area contributed by atoms with Crippen molar-refractivity contribution in [3.8, 4) is 28.4 Å². The summed E-state index contributed by atoms with van der Waals surface area (Å²) in [6, 6.07) is 22.5. The SMILES string of the molecule is O=S1(=O)NCc2cccc(-c3ccc(Oc4ccccc4)cc3)c2O1. The first-order valence-corrected chi connectivity index (χ1v) is 9.16. The van der Waals surface area contributed by atoms with E-state index in [1.54, 1.807) is 0 Å². The van der Waals surface area contributed by atoms with Gasteiger partial charge in [-0.25, -0.2) is 0 Å². The fourth-order valence-electron chi connectivity index (χ4n) is 2.68. The summed E-state index contributed by atoms with van der Waals surface area (Å²) in [6.45, 7) is 0.223. The van der Waals surface area contributed by atoms with Crippen LogP contribution in [0.4, 0.5) is 0 Å². The van der Waals surface area contributed by atoms with Crippen molar-refractivity contribution in [2.75, 3.05) is 0 Å². The van der Waals surface area contributed by atoms with Crippen molar-refractivity contribution in [3.05, 3.63) is 78.4 Å². The molecule has 0 amide bonds. The standard InChI is InChI=1S/C19H15NO4S/c21-25(22)20-13-15-5-4-8-18(19(15)24-25)14-9-11-17(12-10-14)23-16-6-2-1-3-7-16/h1-12,20H,13H2. The Bertz CT molecular complexity index is 999. The van der Waals surface area contributed by atoms with Crippen LogP contribution in [0.15, 0.2) is 72.8 Å². The van der Waals surface area contributed by atoms with Crippen LogP contribution in [0.1, 0.15) is 5.56 Å². The van der Waals surface area contributed by atoms with Crippen molar-refractivity contribution in [2.24, 2.45) is 0 Å². The lowest BCUT2D eigenvalue weighted by atomic mass is 10.0. The average Bonchev–Trinajstić information content (AvgIpc) is 2.62. The summed E-state index contributed by atoms with van der Waals surface area (Å²) < 4.78 is 36.7. The van der Waals surface area contributed by atoms with Crippen LogP contribution in [0.3, 0.4) is 0 Å². The second-order valence-corrected chi connectivity index (χ2v) is 6.96. The highest BCUT2D eigenvalue weighted by Gasteiger charge is 2.24. The van der Waals surface area contributed by atoms with Gasteiger partial charge in [0.05, 0.1) is 0 Å². The minimum atomic E-state index is -3.75. The summed E-state index contributed by atoms with van der Waals surface area (Å²) >= 11 is 0. The van der Waals surface area contributed by atoms with Gasteiger partial charge < -0.3 is 8.92 Å². The van der Waals surface area contributed by atoms with E-state index in [0.29, 0.717) is 11.5 Å². The Labute approximate surface area is 146 Å². The summed E-state index contributed by atoms with van der Waals surface area (Å²) in [7, 11) is -3.75. The molecule has 1 aliphatic rings. The molecule has 5 nitrogen and oxygen atoms in total. The molecule has 0 bridgehead atoms. The number of hydrogen-bond acceptors (Lipinski definition) is 4. The number of benzene rings is 3. The molecule has 0 aromatic heterocycles. The Balaban J connectivity index is 1.65. The van der Waals surface area contributed by atoms with Gasteiger partial charge in [0.1, 0.15) is 11.5 Å². The zero-order valence-corrected chi connectivity index (χ0v) is 14.0. The van der Waals surface area contributed by atoms with Gasteiger partial charge in [0.25, 0.3) is 0 Å². The van der Waals surface area contributed by atoms with Crippen molar-refractivity contribution in [1.29, 1.82) is 0 Å². The van der Waals surface area contributed by atoms with E-state index < -0.39 is 10.3 Å². The van der Waals surface area contributed by atoms with Crippen molar-refractivity contribution in [1.82, 2.24) is 4.72 Å². The normalized spacial score (nSPS) is 15.0. The minimum absolute atomic E-state index is 0.223. The monoisotopic (exact) mass is 353 g/mol. The van der Waals surface area contributed by atoms with Crippen molar-refractivity contribution >= 4 is 10.3 Å². The molecule has 0 fully saturated rings. The van der Waals surface area contributed by atoms with Gasteiger partial charge in [-0.3, -0.25) is 0 Å². The number of para-hydroxylation sites is 2. The van der Waals surface area contributed by atoms with Crippen LogP contribution in [-0.4, -0.2) is 8.42 Å². The Hall–Kier alpha value is -2.83. The Morgan fingerprint density at radius 2 is 1.56 bits per heavy atom. The number of ether oxygens (including phenoxy) is 1. The van der Waals surface area contributed by atoms with Crippen LogP contribution in [0.2, 0.25) is 0 Å². The molecule has 3 aromatic carbocycles. The molecule has 0 saturated carbocycles. The van der Waals surface area contributed by atoms with Gasteiger partial charge >= 0.3 is 10.3 Å². The molecule has 126 valence electrons. The van der Waals surface area contributed by atoms with Gasteiger partial charge in [-0.05, 0) is 29.8 Å². The van der Waals surface area contributed by atoms with Gasteiger partial charge in [0, 0.05) is 17.7 Å². The Kier molecular flexibility index (Phi) is 3.91. The average molecular weight is 353 g/mol. The topological polar surface area (TPSA) is 64.6 Å². The summed E-state index contributed by atoms with van der Waals surface area (Å²) in [5, 5.41) is 0. The molecule has 0 spiro atoms. The third-order valence-electron chi connectivity index (χ3n) is 3.87. The molecular weight excluding hydrogens is 338 g/mol. The van der Waals surface area contributed by atoms with E-state index >= 15 is 0 Å². The molecule has 6 heteroatoms. The fraction of sp³-hybridized carbons (Fsp3) is 0.0526. The first kappa shape index (κ1) is 15.7. The van der Waals surface area contributed by atoms with Crippen LogP contribution in [-0.2, 0) is 16.8 Å². The molecule has 1 aliphatic heterocycles. The lowest BCUT2D eigenvalue weighted by molar-refractivity contribution is 0.454. The number of hydrogen-bond donors (Lipinski definition) is 1. The van der Waals surface area contributed by atoms with Crippen molar-refractivity contribution in [3.63, 3.8) is 0 Å². The van der Waals surface area contributed by atoms with E-state index in [-0.39, 0.29) is 6.54 Å². The van der Waals surface area contributed by atoms with E-state index in [1.165, 1.54) is 0 Å². The van der Waals surface area contributed by atoms with E-state index in [1.807, 2.05) is 72.8 Å². The number of nitrogens with one attached hydrogen (secondary N) is 1. The predicted molar refractivity (Wildman–Crippen MR) is 94.8 cm³/mol. The summed E-state index contributed by atoms with van der Waals surface area (Å²) in [5.41, 5.74) is 2.39. The lowest BCUT2D eigenvalue weighted by Gasteiger charge is -2.20. The predicted octanol–water partition coefficient (Wildman–Crippen LogP) is 3.87. The second-order valence-electron chi connectivity index (χ2n) is 5.59. The third-order valence-corrected chi connectivity index (χ3v) is 4.76. The van der Waals surface area contributed by atoms with Gasteiger partial charge in [-0.1, -0.05) is 48.5 Å². The second kappa shape index (κ2) is 6.23. The highest BCUT2D eigenvalue weighted by atomic mass is 32.2. The first-order valence-electron chi connectivity index (χ1n) is 7.75. The zero-order chi connectivity index (χ0) is 17.3. The molecule has 0 unspecified atom stereocenters. The highest BCUT2D eigenvalue weighted by Crippen LogP contribution is 2.37. The molecule has 3 aromatic rings. The van der Waals surface area contributed by atoms with Crippen LogP contribution in [0.25, 0.3) is 11.1 Å². The van der Waals surface area contributed by atoms with E-state index in [4.69, 9.17) is 8.92 Å². The van der Waals surface area contributed by atoms with Crippen LogP contribution in [0.5, 0.6) is 17.2 Å². The maximum Gasteiger partial charge on any atom is 0.382 e. The Morgan fingerprint density at radius 1 is 0.840 bits per heavy atom.